The van der Waals surface area contributed by atoms with E-state index >= 15 is 0 Å². The summed E-state index contributed by atoms with van der Waals surface area (Å²) in [7, 11) is 0. The van der Waals surface area contributed by atoms with Gasteiger partial charge in [-0.1, -0.05) is 29.8 Å². The van der Waals surface area contributed by atoms with E-state index in [0.29, 0.717) is 16.4 Å². The fourth-order valence-electron chi connectivity index (χ4n) is 2.75. The lowest BCUT2D eigenvalue weighted by Gasteiger charge is -2.10. The Bertz CT molecular complexity index is 1000. The molecule has 1 aromatic carbocycles. The van der Waals surface area contributed by atoms with Gasteiger partial charge < -0.3 is 9.88 Å². The average molecular weight is 399 g/mol. The highest BCUT2D eigenvalue weighted by atomic mass is 35.5. The first-order valence-corrected chi connectivity index (χ1v) is 10.2. The second kappa shape index (κ2) is 7.50. The molecule has 0 saturated carbocycles. The van der Waals surface area contributed by atoms with E-state index < -0.39 is 0 Å². The molecule has 0 radical (unpaired) electrons. The molecule has 0 aliphatic carbocycles. The zero-order valence-electron chi connectivity index (χ0n) is 13.7. The number of halogens is 1. The first kappa shape index (κ1) is 17.1. The highest BCUT2D eigenvalue weighted by molar-refractivity contribution is 7.13. The minimum absolute atomic E-state index is 0.0627. The molecule has 0 fully saturated rings. The van der Waals surface area contributed by atoms with Crippen molar-refractivity contribution in [3.63, 3.8) is 0 Å². The summed E-state index contributed by atoms with van der Waals surface area (Å²) in [5.74, 6) is -0.0627. The van der Waals surface area contributed by atoms with Crippen molar-refractivity contribution in [2.45, 2.75) is 6.54 Å². The van der Waals surface area contributed by atoms with Crippen molar-refractivity contribution in [2.75, 3.05) is 0 Å². The molecule has 3 aromatic heterocycles. The van der Waals surface area contributed by atoms with Gasteiger partial charge in [0.1, 0.15) is 4.88 Å². The second-order valence-corrected chi connectivity index (χ2v) is 8.03. The number of amides is 1. The number of carbonyl (C=O) groups is 1. The van der Waals surface area contributed by atoms with Crippen LogP contribution in [0.5, 0.6) is 0 Å². The molecule has 130 valence electrons. The monoisotopic (exact) mass is 398 g/mol. The number of benzene rings is 1. The highest BCUT2D eigenvalue weighted by Gasteiger charge is 2.20. The van der Waals surface area contributed by atoms with Crippen molar-refractivity contribution < 1.29 is 4.79 Å². The van der Waals surface area contributed by atoms with E-state index in [9.17, 15) is 4.79 Å². The zero-order chi connectivity index (χ0) is 17.9. The lowest BCUT2D eigenvalue weighted by Crippen LogP contribution is -2.22. The third kappa shape index (κ3) is 3.46. The molecule has 1 amide bonds. The van der Waals surface area contributed by atoms with Crippen LogP contribution in [0.2, 0.25) is 5.02 Å². The Morgan fingerprint density at radius 3 is 2.50 bits per heavy atom. The molecule has 4 rings (SSSR count). The smallest absolute Gasteiger partial charge is 0.263 e. The van der Waals surface area contributed by atoms with Crippen molar-refractivity contribution >= 4 is 40.2 Å². The fourth-order valence-corrected chi connectivity index (χ4v) is 4.51. The number of nitrogens with one attached hydrogen (secondary N) is 1. The van der Waals surface area contributed by atoms with E-state index in [0.717, 1.165) is 21.7 Å². The van der Waals surface area contributed by atoms with Gasteiger partial charge in [0.2, 0.25) is 0 Å². The van der Waals surface area contributed by atoms with Gasteiger partial charge in [0.25, 0.3) is 5.91 Å². The van der Waals surface area contributed by atoms with Crippen molar-refractivity contribution in [3.05, 3.63) is 86.5 Å². The number of hydrogen-bond acceptors (Lipinski definition) is 3. The van der Waals surface area contributed by atoms with Crippen LogP contribution in [-0.4, -0.2) is 10.5 Å². The number of hydrogen-bond donors (Lipinski definition) is 1. The van der Waals surface area contributed by atoms with E-state index in [1.807, 2.05) is 76.3 Å². The SMILES string of the molecule is O=C(NCc1cccs1)c1scc(-c2ccc(Cl)cc2)c1-n1cccc1. The van der Waals surface area contributed by atoms with Gasteiger partial charge in [0.15, 0.2) is 0 Å². The molecule has 1 N–H and O–H groups in total. The first-order chi connectivity index (χ1) is 12.7. The van der Waals surface area contributed by atoms with Gasteiger partial charge >= 0.3 is 0 Å². The van der Waals surface area contributed by atoms with Gasteiger partial charge in [-0.3, -0.25) is 4.79 Å². The lowest BCUT2D eigenvalue weighted by atomic mass is 10.1. The molecule has 3 heterocycles. The summed E-state index contributed by atoms with van der Waals surface area (Å²) >= 11 is 9.11. The summed E-state index contributed by atoms with van der Waals surface area (Å²) in [4.78, 5) is 14.7. The van der Waals surface area contributed by atoms with Crippen LogP contribution in [0, 0.1) is 0 Å². The zero-order valence-corrected chi connectivity index (χ0v) is 16.1. The van der Waals surface area contributed by atoms with Crippen LogP contribution in [0.4, 0.5) is 0 Å². The maximum absolute atomic E-state index is 12.8. The van der Waals surface area contributed by atoms with Gasteiger partial charge in [0.05, 0.1) is 12.2 Å². The molecule has 6 heteroatoms. The molecule has 0 atom stereocenters. The van der Waals surface area contributed by atoms with Crippen LogP contribution >= 0.6 is 34.3 Å². The van der Waals surface area contributed by atoms with E-state index in [1.54, 1.807) is 11.3 Å². The number of thiophene rings is 2. The van der Waals surface area contributed by atoms with Crippen LogP contribution in [0.15, 0.2) is 71.7 Å². The van der Waals surface area contributed by atoms with E-state index in [-0.39, 0.29) is 5.91 Å². The number of carbonyl (C=O) groups excluding carboxylic acids is 1. The van der Waals surface area contributed by atoms with Crippen molar-refractivity contribution in [1.29, 1.82) is 0 Å². The molecule has 0 spiro atoms. The molecule has 0 unspecified atom stereocenters. The van der Waals surface area contributed by atoms with Crippen LogP contribution in [0.1, 0.15) is 14.5 Å². The maximum Gasteiger partial charge on any atom is 0.263 e. The van der Waals surface area contributed by atoms with E-state index in [4.69, 9.17) is 11.6 Å². The minimum Gasteiger partial charge on any atom is -0.346 e. The van der Waals surface area contributed by atoms with Crippen molar-refractivity contribution in [3.8, 4) is 16.8 Å². The van der Waals surface area contributed by atoms with E-state index in [1.165, 1.54) is 11.3 Å². The molecule has 0 saturated heterocycles. The van der Waals surface area contributed by atoms with Crippen LogP contribution in [0.3, 0.4) is 0 Å². The van der Waals surface area contributed by atoms with Crippen LogP contribution < -0.4 is 5.32 Å². The van der Waals surface area contributed by atoms with Gasteiger partial charge in [-0.15, -0.1) is 22.7 Å². The summed E-state index contributed by atoms with van der Waals surface area (Å²) in [6.07, 6.45) is 3.91. The van der Waals surface area contributed by atoms with Gasteiger partial charge in [-0.25, -0.2) is 0 Å². The van der Waals surface area contributed by atoms with Crippen LogP contribution in [0.25, 0.3) is 16.8 Å². The summed E-state index contributed by atoms with van der Waals surface area (Å²) in [6.45, 7) is 0.537. The van der Waals surface area contributed by atoms with Gasteiger partial charge in [-0.05, 0) is 41.3 Å². The Hall–Kier alpha value is -2.34. The summed E-state index contributed by atoms with van der Waals surface area (Å²) in [6, 6.07) is 15.6. The summed E-state index contributed by atoms with van der Waals surface area (Å²) in [5.41, 5.74) is 2.95. The largest absolute Gasteiger partial charge is 0.346 e. The minimum atomic E-state index is -0.0627. The standard InChI is InChI=1S/C20H15ClN2OS2/c21-15-7-5-14(6-8-15)17-13-26-19(18(17)23-9-1-2-10-23)20(24)22-12-16-4-3-11-25-16/h1-11,13H,12H2,(H,22,24). The Labute approximate surface area is 164 Å². The normalized spacial score (nSPS) is 10.8. The highest BCUT2D eigenvalue weighted by Crippen LogP contribution is 2.35. The molecule has 4 aromatic rings. The lowest BCUT2D eigenvalue weighted by molar-refractivity contribution is 0.0955. The van der Waals surface area contributed by atoms with Gasteiger partial charge in [0, 0.05) is 33.2 Å². The van der Waals surface area contributed by atoms with Gasteiger partial charge in [-0.2, -0.15) is 0 Å². The van der Waals surface area contributed by atoms with Crippen molar-refractivity contribution in [2.24, 2.45) is 0 Å². The van der Waals surface area contributed by atoms with Crippen molar-refractivity contribution in [1.82, 2.24) is 9.88 Å². The second-order valence-electron chi connectivity index (χ2n) is 5.69. The third-order valence-electron chi connectivity index (χ3n) is 3.99. The molecular formula is C20H15ClN2OS2. The summed E-state index contributed by atoms with van der Waals surface area (Å²) < 4.78 is 1.99. The quantitative estimate of drug-likeness (QED) is 0.449. The molecule has 0 aliphatic heterocycles. The predicted octanol–water partition coefficient (Wildman–Crippen LogP) is 5.85. The average Bonchev–Trinajstić information content (AvgIpc) is 3.40. The summed E-state index contributed by atoms with van der Waals surface area (Å²) in [5, 5.41) is 7.76. The number of aromatic nitrogens is 1. The first-order valence-electron chi connectivity index (χ1n) is 8.04. The van der Waals surface area contributed by atoms with E-state index in [2.05, 4.69) is 5.32 Å². The molecule has 0 aliphatic rings. The molecule has 3 nitrogen and oxygen atoms in total. The number of nitrogens with zero attached hydrogens (tertiary/aromatic N) is 1. The fraction of sp³-hybridized carbons (Fsp3) is 0.0500. The molecule has 0 bridgehead atoms. The Morgan fingerprint density at radius 2 is 1.81 bits per heavy atom. The topological polar surface area (TPSA) is 34.0 Å². The predicted molar refractivity (Wildman–Crippen MR) is 110 cm³/mol. The maximum atomic E-state index is 12.8. The Morgan fingerprint density at radius 1 is 1.04 bits per heavy atom. The Balaban J connectivity index is 1.70. The third-order valence-corrected chi connectivity index (χ3v) is 6.09. The Kier molecular flexibility index (Phi) is 4.93. The van der Waals surface area contributed by atoms with Crippen LogP contribution in [-0.2, 0) is 6.54 Å². The number of rotatable bonds is 5. The molecule has 26 heavy (non-hydrogen) atoms. The molecular weight excluding hydrogens is 384 g/mol.